The molecule has 13 heavy (non-hydrogen) atoms. The van der Waals surface area contributed by atoms with Gasteiger partial charge in [-0.1, -0.05) is 0 Å². The summed E-state index contributed by atoms with van der Waals surface area (Å²) in [5.74, 6) is -2.45. The van der Waals surface area contributed by atoms with Gasteiger partial charge in [0, 0.05) is 10.8 Å². The van der Waals surface area contributed by atoms with Crippen LogP contribution in [0.1, 0.15) is 0 Å². The SMILES string of the molecule is COC(=O)CS(=O)CC(N)C(=O)O. The maximum atomic E-state index is 11.0. The molecule has 7 heteroatoms. The Balaban J connectivity index is 3.88. The third-order valence-electron chi connectivity index (χ3n) is 1.19. The number of ether oxygens (including phenoxy) is 1. The summed E-state index contributed by atoms with van der Waals surface area (Å²) in [6.45, 7) is 0. The lowest BCUT2D eigenvalue weighted by atomic mass is 10.4. The zero-order valence-electron chi connectivity index (χ0n) is 7.06. The van der Waals surface area contributed by atoms with E-state index >= 15 is 0 Å². The van der Waals surface area contributed by atoms with Crippen LogP contribution in [-0.4, -0.2) is 45.9 Å². The summed E-state index contributed by atoms with van der Waals surface area (Å²) in [5.41, 5.74) is 5.09. The molecule has 2 unspecified atom stereocenters. The molecule has 0 rings (SSSR count). The molecule has 0 amide bonds. The number of esters is 1. The number of rotatable bonds is 5. The summed E-state index contributed by atoms with van der Waals surface area (Å²) in [7, 11) is -0.418. The molecule has 0 aromatic rings. The summed E-state index contributed by atoms with van der Waals surface area (Å²) in [4.78, 5) is 20.8. The zero-order valence-corrected chi connectivity index (χ0v) is 7.87. The summed E-state index contributed by atoms with van der Waals surface area (Å²) in [6.07, 6.45) is 0. The van der Waals surface area contributed by atoms with Crippen LogP contribution in [0.2, 0.25) is 0 Å². The van der Waals surface area contributed by atoms with E-state index in [1.807, 2.05) is 0 Å². The molecule has 0 aliphatic rings. The average molecular weight is 209 g/mol. The summed E-state index contributed by atoms with van der Waals surface area (Å²) < 4.78 is 15.2. The summed E-state index contributed by atoms with van der Waals surface area (Å²) >= 11 is 0. The van der Waals surface area contributed by atoms with Gasteiger partial charge < -0.3 is 15.6 Å². The van der Waals surface area contributed by atoms with E-state index in [0.717, 1.165) is 7.11 Å². The number of carbonyl (C=O) groups excluding carboxylic acids is 1. The Kier molecular flexibility index (Phi) is 5.24. The Morgan fingerprint density at radius 1 is 1.62 bits per heavy atom. The zero-order chi connectivity index (χ0) is 10.4. The van der Waals surface area contributed by atoms with Crippen LogP contribution in [0.3, 0.4) is 0 Å². The van der Waals surface area contributed by atoms with Crippen molar-refractivity contribution in [2.45, 2.75) is 6.04 Å². The van der Waals surface area contributed by atoms with E-state index in [2.05, 4.69) is 4.74 Å². The van der Waals surface area contributed by atoms with Gasteiger partial charge in [-0.05, 0) is 0 Å². The molecule has 0 heterocycles. The fraction of sp³-hybridized carbons (Fsp3) is 0.667. The minimum atomic E-state index is -1.58. The molecule has 0 aliphatic heterocycles. The Hall–Kier alpha value is -0.950. The van der Waals surface area contributed by atoms with E-state index in [-0.39, 0.29) is 11.5 Å². The number of carboxylic acid groups (broad SMARTS) is 1. The highest BCUT2D eigenvalue weighted by molar-refractivity contribution is 7.85. The molecule has 0 bridgehead atoms. The van der Waals surface area contributed by atoms with Crippen LogP contribution in [0, 0.1) is 0 Å². The quantitative estimate of drug-likeness (QED) is 0.524. The second kappa shape index (κ2) is 5.65. The summed E-state index contributed by atoms with van der Waals surface area (Å²) in [6, 6.07) is -1.20. The van der Waals surface area contributed by atoms with Crippen LogP contribution < -0.4 is 5.73 Å². The van der Waals surface area contributed by atoms with Crippen molar-refractivity contribution in [1.82, 2.24) is 0 Å². The monoisotopic (exact) mass is 209 g/mol. The van der Waals surface area contributed by atoms with Gasteiger partial charge in [-0.25, -0.2) is 0 Å². The Morgan fingerprint density at radius 3 is 2.54 bits per heavy atom. The molecule has 0 aromatic carbocycles. The highest BCUT2D eigenvalue weighted by Gasteiger charge is 2.17. The van der Waals surface area contributed by atoms with Crippen molar-refractivity contribution in [3.8, 4) is 0 Å². The van der Waals surface area contributed by atoms with Crippen molar-refractivity contribution in [2.75, 3.05) is 18.6 Å². The van der Waals surface area contributed by atoms with Gasteiger partial charge in [0.2, 0.25) is 0 Å². The first-order valence-corrected chi connectivity index (χ1v) is 4.86. The molecule has 3 N–H and O–H groups in total. The molecular weight excluding hydrogens is 198 g/mol. The van der Waals surface area contributed by atoms with E-state index < -0.39 is 28.8 Å². The van der Waals surface area contributed by atoms with E-state index in [0.29, 0.717) is 0 Å². The van der Waals surface area contributed by atoms with Gasteiger partial charge in [-0.3, -0.25) is 13.8 Å². The molecule has 0 spiro atoms. The number of hydrogen-bond acceptors (Lipinski definition) is 5. The lowest BCUT2D eigenvalue weighted by molar-refractivity contribution is -0.139. The van der Waals surface area contributed by atoms with Crippen molar-refractivity contribution < 1.29 is 23.6 Å². The number of carbonyl (C=O) groups is 2. The van der Waals surface area contributed by atoms with Gasteiger partial charge in [-0.15, -0.1) is 0 Å². The minimum Gasteiger partial charge on any atom is -0.480 e. The van der Waals surface area contributed by atoms with E-state index in [4.69, 9.17) is 10.8 Å². The van der Waals surface area contributed by atoms with Crippen LogP contribution >= 0.6 is 0 Å². The van der Waals surface area contributed by atoms with E-state index in [1.54, 1.807) is 0 Å². The molecule has 76 valence electrons. The first kappa shape index (κ1) is 12.0. The van der Waals surface area contributed by atoms with Gasteiger partial charge in [0.25, 0.3) is 0 Å². The lowest BCUT2D eigenvalue weighted by Crippen LogP contribution is -2.36. The molecule has 0 saturated carbocycles. The number of carboxylic acids is 1. The van der Waals surface area contributed by atoms with Gasteiger partial charge in [-0.2, -0.15) is 0 Å². The Labute approximate surface area is 77.5 Å². The van der Waals surface area contributed by atoms with Crippen molar-refractivity contribution in [2.24, 2.45) is 5.73 Å². The van der Waals surface area contributed by atoms with Gasteiger partial charge in [0.05, 0.1) is 12.9 Å². The highest BCUT2D eigenvalue weighted by atomic mass is 32.2. The number of aliphatic carboxylic acids is 1. The Morgan fingerprint density at radius 2 is 2.15 bits per heavy atom. The molecule has 2 atom stereocenters. The van der Waals surface area contributed by atoms with Gasteiger partial charge >= 0.3 is 11.9 Å². The Bertz CT molecular complexity index is 229. The molecular formula is C6H11NO5S. The second-order valence-corrected chi connectivity index (χ2v) is 3.77. The van der Waals surface area contributed by atoms with Gasteiger partial charge in [0.1, 0.15) is 11.8 Å². The summed E-state index contributed by atoms with van der Waals surface area (Å²) in [5, 5.41) is 8.35. The molecule has 0 fully saturated rings. The van der Waals surface area contributed by atoms with Crippen LogP contribution in [-0.2, 0) is 25.1 Å². The maximum Gasteiger partial charge on any atom is 0.321 e. The van der Waals surface area contributed by atoms with E-state index in [9.17, 15) is 13.8 Å². The molecule has 6 nitrogen and oxygen atoms in total. The van der Waals surface area contributed by atoms with Crippen molar-refractivity contribution in [1.29, 1.82) is 0 Å². The predicted molar refractivity (Wildman–Crippen MR) is 45.5 cm³/mol. The van der Waals surface area contributed by atoms with Crippen LogP contribution in [0.5, 0.6) is 0 Å². The predicted octanol–water partition coefficient (Wildman–Crippen LogP) is -1.68. The van der Waals surface area contributed by atoms with Crippen molar-refractivity contribution >= 4 is 22.7 Å². The topological polar surface area (TPSA) is 107 Å². The largest absolute Gasteiger partial charge is 0.480 e. The number of nitrogens with two attached hydrogens (primary N) is 1. The smallest absolute Gasteiger partial charge is 0.321 e. The second-order valence-electron chi connectivity index (χ2n) is 2.27. The third-order valence-corrected chi connectivity index (χ3v) is 2.48. The third kappa shape index (κ3) is 5.31. The lowest BCUT2D eigenvalue weighted by Gasteiger charge is -2.04. The molecule has 0 radical (unpaired) electrons. The molecule has 0 aromatic heterocycles. The normalized spacial score (nSPS) is 14.6. The van der Waals surface area contributed by atoms with Gasteiger partial charge in [0.15, 0.2) is 0 Å². The first-order chi connectivity index (χ1) is 5.97. The number of hydrogen-bond donors (Lipinski definition) is 2. The average Bonchev–Trinajstić information content (AvgIpc) is 2.03. The molecule has 0 saturated heterocycles. The van der Waals surface area contributed by atoms with E-state index in [1.165, 1.54) is 0 Å². The minimum absolute atomic E-state index is 0.246. The van der Waals surface area contributed by atoms with Crippen molar-refractivity contribution in [3.63, 3.8) is 0 Å². The highest BCUT2D eigenvalue weighted by Crippen LogP contribution is 1.89. The van der Waals surface area contributed by atoms with Crippen LogP contribution in [0.25, 0.3) is 0 Å². The first-order valence-electron chi connectivity index (χ1n) is 3.37. The molecule has 0 aliphatic carbocycles. The van der Waals surface area contributed by atoms with Crippen LogP contribution in [0.15, 0.2) is 0 Å². The van der Waals surface area contributed by atoms with Crippen LogP contribution in [0.4, 0.5) is 0 Å². The fourth-order valence-corrected chi connectivity index (χ4v) is 1.56. The van der Waals surface area contributed by atoms with Crippen molar-refractivity contribution in [3.05, 3.63) is 0 Å². The number of methoxy groups -OCH3 is 1. The fourth-order valence-electron chi connectivity index (χ4n) is 0.521. The maximum absolute atomic E-state index is 11.0. The standard InChI is InChI=1S/C6H11NO5S/c1-12-5(8)3-13(11)2-4(7)6(9)10/h4H,2-3,7H2,1H3,(H,9,10).